The molecule has 0 radical (unpaired) electrons. The molecule has 0 aliphatic rings. The number of nitrogen functional groups attached to an aromatic ring is 1. The maximum atomic E-state index is 6.00. The van der Waals surface area contributed by atoms with Gasteiger partial charge in [-0.1, -0.05) is 19.9 Å². The average Bonchev–Trinajstić information content (AvgIpc) is 3.21. The Balaban J connectivity index is 0.00000100. The van der Waals surface area contributed by atoms with Gasteiger partial charge in [0.05, 0.1) is 14.2 Å². The highest BCUT2D eigenvalue weighted by Gasteiger charge is 2.22. The normalized spacial score (nSPS) is 10.0. The second-order valence-electron chi connectivity index (χ2n) is 4.64. The van der Waals surface area contributed by atoms with Gasteiger partial charge in [-0.15, -0.1) is 10.2 Å². The number of ether oxygens (including phenoxy) is 2. The molecule has 0 unspecified atom stereocenters. The molecule has 2 aromatic heterocycles. The number of furan rings is 1. The van der Waals surface area contributed by atoms with Crippen molar-refractivity contribution < 1.29 is 13.9 Å². The zero-order valence-electron chi connectivity index (χ0n) is 14.5. The van der Waals surface area contributed by atoms with Crippen LogP contribution in [0.25, 0.3) is 17.3 Å². The molecule has 128 valence electrons. The number of anilines is 1. The van der Waals surface area contributed by atoms with Crippen LogP contribution in [-0.2, 0) is 0 Å². The van der Waals surface area contributed by atoms with E-state index in [1.807, 2.05) is 51.1 Å². The predicted molar refractivity (Wildman–Crippen MR) is 92.7 cm³/mol. The van der Waals surface area contributed by atoms with Crippen LogP contribution < -0.4 is 15.2 Å². The SMILES string of the molecule is CC.COc1cccc(OC)c1-n1c(N)nnc1-c1ccc(C)o1. The van der Waals surface area contributed by atoms with Gasteiger partial charge in [-0.2, -0.15) is 0 Å². The molecule has 3 rings (SSSR count). The Morgan fingerprint density at radius 1 is 1.00 bits per heavy atom. The van der Waals surface area contributed by atoms with Crippen molar-refractivity contribution in [3.8, 4) is 28.8 Å². The van der Waals surface area contributed by atoms with Crippen molar-refractivity contribution in [1.29, 1.82) is 0 Å². The Kier molecular flexibility index (Phi) is 5.47. The Hall–Kier alpha value is -2.96. The minimum atomic E-state index is 0.215. The lowest BCUT2D eigenvalue weighted by Gasteiger charge is -2.15. The third-order valence-corrected chi connectivity index (χ3v) is 3.27. The molecule has 2 N–H and O–H groups in total. The Labute approximate surface area is 141 Å². The molecule has 0 atom stereocenters. The molecule has 0 spiro atoms. The van der Waals surface area contributed by atoms with Gasteiger partial charge in [-0.25, -0.2) is 0 Å². The third-order valence-electron chi connectivity index (χ3n) is 3.27. The maximum Gasteiger partial charge on any atom is 0.227 e. The van der Waals surface area contributed by atoms with E-state index in [0.29, 0.717) is 28.8 Å². The summed E-state index contributed by atoms with van der Waals surface area (Å²) in [6.45, 7) is 5.86. The molecule has 0 saturated heterocycles. The first-order valence-electron chi connectivity index (χ1n) is 7.64. The number of nitrogens with zero attached hydrogens (tertiary/aromatic N) is 3. The number of benzene rings is 1. The van der Waals surface area contributed by atoms with E-state index in [1.165, 1.54) is 0 Å². The minimum Gasteiger partial charge on any atom is -0.494 e. The van der Waals surface area contributed by atoms with Crippen LogP contribution in [0.15, 0.2) is 34.7 Å². The Morgan fingerprint density at radius 2 is 1.62 bits per heavy atom. The van der Waals surface area contributed by atoms with Crippen molar-refractivity contribution >= 4 is 5.95 Å². The second-order valence-corrected chi connectivity index (χ2v) is 4.64. The summed E-state index contributed by atoms with van der Waals surface area (Å²) in [5.41, 5.74) is 6.63. The van der Waals surface area contributed by atoms with Crippen molar-refractivity contribution in [3.05, 3.63) is 36.1 Å². The molecular formula is C17H22N4O3. The number of aryl methyl sites for hydroxylation is 1. The summed E-state index contributed by atoms with van der Waals surface area (Å²) >= 11 is 0. The van der Waals surface area contributed by atoms with Gasteiger partial charge in [0, 0.05) is 0 Å². The van der Waals surface area contributed by atoms with Crippen molar-refractivity contribution in [2.45, 2.75) is 20.8 Å². The van der Waals surface area contributed by atoms with Crippen molar-refractivity contribution in [2.24, 2.45) is 0 Å². The first kappa shape index (κ1) is 17.4. The first-order chi connectivity index (χ1) is 11.7. The molecular weight excluding hydrogens is 308 g/mol. The van der Waals surface area contributed by atoms with E-state index in [2.05, 4.69) is 10.2 Å². The summed E-state index contributed by atoms with van der Waals surface area (Å²) in [5.74, 6) is 3.22. The van der Waals surface area contributed by atoms with Gasteiger partial charge in [-0.3, -0.25) is 4.57 Å². The van der Waals surface area contributed by atoms with Gasteiger partial charge in [0.15, 0.2) is 5.76 Å². The van der Waals surface area contributed by atoms with E-state index in [0.717, 1.165) is 5.76 Å². The molecule has 2 heterocycles. The van der Waals surface area contributed by atoms with Gasteiger partial charge >= 0.3 is 0 Å². The highest BCUT2D eigenvalue weighted by atomic mass is 16.5. The van der Waals surface area contributed by atoms with Crippen molar-refractivity contribution in [1.82, 2.24) is 14.8 Å². The lowest BCUT2D eigenvalue weighted by molar-refractivity contribution is 0.391. The summed E-state index contributed by atoms with van der Waals surface area (Å²) in [6, 6.07) is 9.13. The number of hydrogen-bond donors (Lipinski definition) is 1. The lowest BCUT2D eigenvalue weighted by atomic mass is 10.2. The number of methoxy groups -OCH3 is 2. The largest absolute Gasteiger partial charge is 0.494 e. The topological polar surface area (TPSA) is 88.3 Å². The molecule has 24 heavy (non-hydrogen) atoms. The highest BCUT2D eigenvalue weighted by Crippen LogP contribution is 2.36. The minimum absolute atomic E-state index is 0.215. The number of para-hydroxylation sites is 1. The van der Waals surface area contributed by atoms with Crippen LogP contribution in [-0.4, -0.2) is 29.0 Å². The highest BCUT2D eigenvalue weighted by molar-refractivity contribution is 5.65. The first-order valence-corrected chi connectivity index (χ1v) is 7.64. The predicted octanol–water partition coefficient (Wildman–Crippen LogP) is 3.46. The second kappa shape index (κ2) is 7.54. The number of nitrogens with two attached hydrogens (primary N) is 1. The lowest BCUT2D eigenvalue weighted by Crippen LogP contribution is -2.06. The van der Waals surface area contributed by atoms with Gasteiger partial charge in [0.25, 0.3) is 0 Å². The van der Waals surface area contributed by atoms with Crippen LogP contribution in [0.4, 0.5) is 5.95 Å². The standard InChI is InChI=1S/C15H16N4O3.C2H6/c1-9-7-8-12(22-9)14-17-18-15(16)19(14)13-10(20-2)5-4-6-11(13)21-3;1-2/h4-8H,1-3H3,(H2,16,18);1-2H3. The fraction of sp³-hybridized carbons (Fsp3) is 0.294. The monoisotopic (exact) mass is 330 g/mol. The summed E-state index contributed by atoms with van der Waals surface area (Å²) in [7, 11) is 3.16. The van der Waals surface area contributed by atoms with Gasteiger partial charge in [0.1, 0.15) is 22.9 Å². The summed E-state index contributed by atoms with van der Waals surface area (Å²) in [5, 5.41) is 8.06. The van der Waals surface area contributed by atoms with Crippen LogP contribution >= 0.6 is 0 Å². The van der Waals surface area contributed by atoms with Crippen LogP contribution in [0.5, 0.6) is 11.5 Å². The molecule has 0 bridgehead atoms. The molecule has 0 saturated carbocycles. The summed E-state index contributed by atoms with van der Waals surface area (Å²) in [4.78, 5) is 0. The fourth-order valence-corrected chi connectivity index (χ4v) is 2.28. The van der Waals surface area contributed by atoms with Crippen molar-refractivity contribution in [2.75, 3.05) is 20.0 Å². The molecule has 0 fully saturated rings. The Morgan fingerprint density at radius 3 is 2.12 bits per heavy atom. The van der Waals surface area contributed by atoms with E-state index in [1.54, 1.807) is 18.8 Å². The quantitative estimate of drug-likeness (QED) is 0.788. The van der Waals surface area contributed by atoms with Gasteiger partial charge in [0.2, 0.25) is 11.8 Å². The van der Waals surface area contributed by atoms with E-state index in [9.17, 15) is 0 Å². The molecule has 0 aliphatic heterocycles. The average molecular weight is 330 g/mol. The zero-order chi connectivity index (χ0) is 17.7. The van der Waals surface area contributed by atoms with Gasteiger partial charge in [-0.05, 0) is 31.2 Å². The molecule has 3 aromatic rings. The van der Waals surface area contributed by atoms with Crippen LogP contribution in [0.2, 0.25) is 0 Å². The van der Waals surface area contributed by atoms with Crippen molar-refractivity contribution in [3.63, 3.8) is 0 Å². The Bertz CT molecular complexity index is 786. The molecule has 0 aliphatic carbocycles. The maximum absolute atomic E-state index is 6.00. The van der Waals surface area contributed by atoms with Crippen LogP contribution in [0.1, 0.15) is 19.6 Å². The summed E-state index contributed by atoms with van der Waals surface area (Å²) < 4.78 is 18.1. The molecule has 0 amide bonds. The molecule has 7 heteroatoms. The molecule has 7 nitrogen and oxygen atoms in total. The number of aromatic nitrogens is 3. The third kappa shape index (κ3) is 3.05. The molecule has 1 aromatic carbocycles. The van der Waals surface area contributed by atoms with E-state index in [4.69, 9.17) is 19.6 Å². The summed E-state index contributed by atoms with van der Waals surface area (Å²) in [6.07, 6.45) is 0. The van der Waals surface area contributed by atoms with E-state index in [-0.39, 0.29) is 5.95 Å². The van der Waals surface area contributed by atoms with Crippen LogP contribution in [0, 0.1) is 6.92 Å². The number of hydrogen-bond acceptors (Lipinski definition) is 6. The van der Waals surface area contributed by atoms with E-state index >= 15 is 0 Å². The smallest absolute Gasteiger partial charge is 0.227 e. The number of rotatable bonds is 4. The van der Waals surface area contributed by atoms with E-state index < -0.39 is 0 Å². The van der Waals surface area contributed by atoms with Gasteiger partial charge < -0.3 is 19.6 Å². The van der Waals surface area contributed by atoms with Crippen LogP contribution in [0.3, 0.4) is 0 Å². The zero-order valence-corrected chi connectivity index (χ0v) is 14.5. The fourth-order valence-electron chi connectivity index (χ4n) is 2.28.